The molecule has 0 saturated heterocycles. The van der Waals surface area contributed by atoms with Crippen molar-refractivity contribution in [3.05, 3.63) is 29.3 Å². The Bertz CT molecular complexity index is 621. The fourth-order valence-corrected chi connectivity index (χ4v) is 3.13. The highest BCUT2D eigenvalue weighted by Gasteiger charge is 2.29. The van der Waals surface area contributed by atoms with Gasteiger partial charge in [0.15, 0.2) is 0 Å². The van der Waals surface area contributed by atoms with Gasteiger partial charge in [0.05, 0.1) is 4.90 Å². The Kier molecular flexibility index (Phi) is 4.15. The van der Waals surface area contributed by atoms with Crippen molar-refractivity contribution in [2.24, 2.45) is 11.1 Å². The molecule has 0 aromatic heterocycles. The first-order valence-electron chi connectivity index (χ1n) is 6.79. The summed E-state index contributed by atoms with van der Waals surface area (Å²) in [5, 5.41) is 8.10. The van der Waals surface area contributed by atoms with Crippen LogP contribution in [0.15, 0.2) is 23.1 Å². The van der Waals surface area contributed by atoms with Gasteiger partial charge in [0.2, 0.25) is 10.0 Å². The minimum Gasteiger partial charge on any atom is -0.349 e. The number of hydrogen-bond acceptors (Lipinski definition) is 3. The van der Waals surface area contributed by atoms with Crippen LogP contribution < -0.4 is 10.5 Å². The van der Waals surface area contributed by atoms with E-state index >= 15 is 0 Å². The molecule has 110 valence electrons. The van der Waals surface area contributed by atoms with E-state index in [0.29, 0.717) is 23.5 Å². The summed E-state index contributed by atoms with van der Waals surface area (Å²) in [5.41, 5.74) is 0.956. The third-order valence-electron chi connectivity index (χ3n) is 3.70. The predicted molar refractivity (Wildman–Crippen MR) is 76.8 cm³/mol. The molecule has 1 fully saturated rings. The summed E-state index contributed by atoms with van der Waals surface area (Å²) >= 11 is 0. The number of nitrogens with one attached hydrogen (secondary N) is 1. The van der Waals surface area contributed by atoms with E-state index in [9.17, 15) is 13.2 Å². The fraction of sp³-hybridized carbons (Fsp3) is 0.500. The minimum atomic E-state index is -3.81. The Balaban J connectivity index is 2.26. The number of sulfonamides is 1. The Labute approximate surface area is 119 Å². The van der Waals surface area contributed by atoms with Gasteiger partial charge in [-0.2, -0.15) is 0 Å². The first-order valence-corrected chi connectivity index (χ1v) is 8.34. The number of carbonyl (C=O) groups is 1. The molecule has 0 bridgehead atoms. The van der Waals surface area contributed by atoms with Gasteiger partial charge in [-0.05, 0) is 49.8 Å². The monoisotopic (exact) mass is 296 g/mol. The van der Waals surface area contributed by atoms with Gasteiger partial charge in [0, 0.05) is 11.6 Å². The second-order valence-electron chi connectivity index (χ2n) is 5.32. The molecule has 2 rings (SSSR count). The Hall–Kier alpha value is -1.40. The van der Waals surface area contributed by atoms with Gasteiger partial charge in [0.25, 0.3) is 5.91 Å². The maximum atomic E-state index is 12.1. The number of hydrogen-bond donors (Lipinski definition) is 2. The van der Waals surface area contributed by atoms with Crippen LogP contribution in [0.2, 0.25) is 0 Å². The largest absolute Gasteiger partial charge is 0.349 e. The standard InChI is InChI=1S/C14H20N2O3S/c1-3-10-4-7-12(8-13(10)20(15,18)19)14(17)16-9(2)11-5-6-11/h4,7-9,11H,3,5-6H2,1-2H3,(H,16,17)(H2,15,18,19). The van der Waals surface area contributed by atoms with E-state index in [2.05, 4.69) is 5.32 Å². The third-order valence-corrected chi connectivity index (χ3v) is 4.70. The van der Waals surface area contributed by atoms with E-state index in [-0.39, 0.29) is 16.8 Å². The van der Waals surface area contributed by atoms with Crippen LogP contribution in [-0.4, -0.2) is 20.4 Å². The van der Waals surface area contributed by atoms with Crippen molar-refractivity contribution in [2.75, 3.05) is 0 Å². The first kappa shape index (κ1) is 15.0. The van der Waals surface area contributed by atoms with Crippen LogP contribution in [0.5, 0.6) is 0 Å². The molecule has 1 saturated carbocycles. The van der Waals surface area contributed by atoms with E-state index in [1.807, 2.05) is 13.8 Å². The molecule has 1 atom stereocenters. The quantitative estimate of drug-likeness (QED) is 0.861. The highest BCUT2D eigenvalue weighted by atomic mass is 32.2. The molecule has 3 N–H and O–H groups in total. The van der Waals surface area contributed by atoms with E-state index < -0.39 is 10.0 Å². The molecule has 5 nitrogen and oxygen atoms in total. The second-order valence-corrected chi connectivity index (χ2v) is 6.85. The van der Waals surface area contributed by atoms with Crippen LogP contribution >= 0.6 is 0 Å². The van der Waals surface area contributed by atoms with Crippen molar-refractivity contribution in [3.8, 4) is 0 Å². The lowest BCUT2D eigenvalue weighted by atomic mass is 10.1. The molecular weight excluding hydrogens is 276 g/mol. The SMILES string of the molecule is CCc1ccc(C(=O)NC(C)C2CC2)cc1S(N)(=O)=O. The van der Waals surface area contributed by atoms with Gasteiger partial charge in [-0.1, -0.05) is 13.0 Å². The molecule has 1 aliphatic carbocycles. The second kappa shape index (κ2) is 5.54. The average Bonchev–Trinajstić information content (AvgIpc) is 3.21. The van der Waals surface area contributed by atoms with E-state index in [0.717, 1.165) is 12.8 Å². The Morgan fingerprint density at radius 2 is 2.10 bits per heavy atom. The lowest BCUT2D eigenvalue weighted by molar-refractivity contribution is 0.0935. The van der Waals surface area contributed by atoms with Gasteiger partial charge < -0.3 is 5.32 Å². The number of amides is 1. The predicted octanol–water partition coefficient (Wildman–Crippen LogP) is 1.42. The number of primary sulfonamides is 1. The van der Waals surface area contributed by atoms with E-state index in [1.165, 1.54) is 6.07 Å². The van der Waals surface area contributed by atoms with Crippen LogP contribution in [-0.2, 0) is 16.4 Å². The van der Waals surface area contributed by atoms with Crippen LogP contribution in [0.25, 0.3) is 0 Å². The lowest BCUT2D eigenvalue weighted by Gasteiger charge is -2.14. The van der Waals surface area contributed by atoms with E-state index in [1.54, 1.807) is 12.1 Å². The van der Waals surface area contributed by atoms with Crippen LogP contribution in [0.4, 0.5) is 0 Å². The van der Waals surface area contributed by atoms with Gasteiger partial charge in [-0.3, -0.25) is 4.79 Å². The minimum absolute atomic E-state index is 0.0340. The molecule has 0 spiro atoms. The molecular formula is C14H20N2O3S. The maximum Gasteiger partial charge on any atom is 0.251 e. The molecule has 0 aliphatic heterocycles. The first-order chi connectivity index (χ1) is 9.32. The molecule has 1 amide bonds. The average molecular weight is 296 g/mol. The van der Waals surface area contributed by atoms with Gasteiger partial charge in [-0.15, -0.1) is 0 Å². The van der Waals surface area contributed by atoms with Crippen molar-refractivity contribution < 1.29 is 13.2 Å². The molecule has 1 aliphatic rings. The zero-order chi connectivity index (χ0) is 14.9. The summed E-state index contributed by atoms with van der Waals surface area (Å²) < 4.78 is 23.1. The summed E-state index contributed by atoms with van der Waals surface area (Å²) in [5.74, 6) is 0.295. The molecule has 0 radical (unpaired) electrons. The molecule has 1 aromatic rings. The smallest absolute Gasteiger partial charge is 0.251 e. The molecule has 6 heteroatoms. The van der Waals surface area contributed by atoms with Gasteiger partial charge >= 0.3 is 0 Å². The van der Waals surface area contributed by atoms with Crippen molar-refractivity contribution in [3.63, 3.8) is 0 Å². The fourth-order valence-electron chi connectivity index (χ4n) is 2.26. The van der Waals surface area contributed by atoms with Crippen molar-refractivity contribution >= 4 is 15.9 Å². The van der Waals surface area contributed by atoms with Gasteiger partial charge in [0.1, 0.15) is 0 Å². The number of benzene rings is 1. The summed E-state index contributed by atoms with van der Waals surface area (Å²) in [6.07, 6.45) is 2.82. The van der Waals surface area contributed by atoms with Crippen molar-refractivity contribution in [2.45, 2.75) is 44.0 Å². The maximum absolute atomic E-state index is 12.1. The Morgan fingerprint density at radius 3 is 2.60 bits per heavy atom. The highest BCUT2D eigenvalue weighted by Crippen LogP contribution is 2.32. The third kappa shape index (κ3) is 3.37. The molecule has 0 heterocycles. The normalized spacial score (nSPS) is 16.8. The van der Waals surface area contributed by atoms with Crippen LogP contribution in [0, 0.1) is 5.92 Å². The van der Waals surface area contributed by atoms with Crippen molar-refractivity contribution in [1.82, 2.24) is 5.32 Å². The van der Waals surface area contributed by atoms with Crippen molar-refractivity contribution in [1.29, 1.82) is 0 Å². The molecule has 1 unspecified atom stereocenters. The lowest BCUT2D eigenvalue weighted by Crippen LogP contribution is -2.34. The number of aryl methyl sites for hydroxylation is 1. The summed E-state index contributed by atoms with van der Waals surface area (Å²) in [4.78, 5) is 12.2. The van der Waals surface area contributed by atoms with Crippen LogP contribution in [0.3, 0.4) is 0 Å². The number of carbonyl (C=O) groups excluding carboxylic acids is 1. The van der Waals surface area contributed by atoms with Gasteiger partial charge in [-0.25, -0.2) is 13.6 Å². The topological polar surface area (TPSA) is 89.3 Å². The van der Waals surface area contributed by atoms with E-state index in [4.69, 9.17) is 5.14 Å². The summed E-state index contributed by atoms with van der Waals surface area (Å²) in [6, 6.07) is 4.77. The highest BCUT2D eigenvalue weighted by molar-refractivity contribution is 7.89. The summed E-state index contributed by atoms with van der Waals surface area (Å²) in [7, 11) is -3.81. The zero-order valence-electron chi connectivity index (χ0n) is 11.7. The number of nitrogens with two attached hydrogens (primary N) is 1. The Morgan fingerprint density at radius 1 is 1.45 bits per heavy atom. The van der Waals surface area contributed by atoms with Crippen LogP contribution in [0.1, 0.15) is 42.6 Å². The molecule has 20 heavy (non-hydrogen) atoms. The molecule has 1 aromatic carbocycles. The summed E-state index contributed by atoms with van der Waals surface area (Å²) in [6.45, 7) is 3.81. The number of rotatable bonds is 5. The zero-order valence-corrected chi connectivity index (χ0v) is 12.5.